The molecule has 1 rings (SSSR count). The molecule has 0 aromatic heterocycles. The van der Waals surface area contributed by atoms with Gasteiger partial charge in [0.1, 0.15) is 0 Å². The Labute approximate surface area is 84.9 Å². The first kappa shape index (κ1) is 10.9. The molecule has 0 amide bonds. The Morgan fingerprint density at radius 2 is 2.21 bits per heavy atom. The third-order valence-electron chi connectivity index (χ3n) is 2.34. The molecule has 4 N–H and O–H groups in total. The highest BCUT2D eigenvalue weighted by molar-refractivity contribution is 5.62. The maximum Gasteiger partial charge on any atom is 0.0450 e. The second-order valence-electron chi connectivity index (χ2n) is 3.58. The van der Waals surface area contributed by atoms with E-state index in [4.69, 9.17) is 10.8 Å². The quantitative estimate of drug-likeness (QED) is 0.640. The van der Waals surface area contributed by atoms with Gasteiger partial charge in [-0.25, -0.2) is 0 Å². The van der Waals surface area contributed by atoms with Gasteiger partial charge in [0.25, 0.3) is 0 Å². The van der Waals surface area contributed by atoms with E-state index in [0.29, 0.717) is 0 Å². The van der Waals surface area contributed by atoms with Gasteiger partial charge < -0.3 is 16.2 Å². The van der Waals surface area contributed by atoms with Crippen molar-refractivity contribution in [3.63, 3.8) is 0 Å². The molecule has 0 aliphatic rings. The average molecular weight is 194 g/mol. The third-order valence-corrected chi connectivity index (χ3v) is 2.34. The lowest BCUT2D eigenvalue weighted by molar-refractivity contribution is 0.282. The van der Waals surface area contributed by atoms with Crippen molar-refractivity contribution in [3.05, 3.63) is 23.8 Å². The zero-order valence-corrected chi connectivity index (χ0v) is 8.75. The molecular formula is C11H18N2O. The van der Waals surface area contributed by atoms with Crippen LogP contribution < -0.4 is 11.1 Å². The fourth-order valence-corrected chi connectivity index (χ4v) is 1.34. The molecule has 0 saturated carbocycles. The number of hydrogen-bond acceptors (Lipinski definition) is 3. The van der Waals surface area contributed by atoms with E-state index in [2.05, 4.69) is 5.32 Å². The maximum absolute atomic E-state index is 8.77. The monoisotopic (exact) mass is 194 g/mol. The van der Waals surface area contributed by atoms with Crippen molar-refractivity contribution < 1.29 is 5.11 Å². The van der Waals surface area contributed by atoms with E-state index in [1.807, 2.05) is 32.0 Å². The molecule has 14 heavy (non-hydrogen) atoms. The van der Waals surface area contributed by atoms with Crippen LogP contribution in [-0.4, -0.2) is 17.8 Å². The first-order valence-electron chi connectivity index (χ1n) is 4.87. The van der Waals surface area contributed by atoms with Gasteiger partial charge in [-0.2, -0.15) is 0 Å². The van der Waals surface area contributed by atoms with E-state index in [9.17, 15) is 0 Å². The second kappa shape index (κ2) is 4.86. The van der Waals surface area contributed by atoms with Crippen molar-refractivity contribution in [3.8, 4) is 0 Å². The van der Waals surface area contributed by atoms with Gasteiger partial charge in [-0.3, -0.25) is 0 Å². The van der Waals surface area contributed by atoms with Crippen LogP contribution >= 0.6 is 0 Å². The van der Waals surface area contributed by atoms with Crippen molar-refractivity contribution in [1.29, 1.82) is 0 Å². The minimum Gasteiger partial charge on any atom is -0.398 e. The lowest BCUT2D eigenvalue weighted by atomic mass is 10.1. The summed E-state index contributed by atoms with van der Waals surface area (Å²) in [7, 11) is 0. The summed E-state index contributed by atoms with van der Waals surface area (Å²) in [5, 5.41) is 12.1. The third kappa shape index (κ3) is 2.64. The zero-order valence-electron chi connectivity index (χ0n) is 8.75. The molecule has 1 aromatic carbocycles. The number of nitrogens with two attached hydrogens (primary N) is 1. The molecule has 0 bridgehead atoms. The molecular weight excluding hydrogens is 176 g/mol. The van der Waals surface area contributed by atoms with Gasteiger partial charge in [-0.15, -0.1) is 0 Å². The molecule has 0 radical (unpaired) electrons. The first-order chi connectivity index (χ1) is 6.65. The number of benzene rings is 1. The summed E-state index contributed by atoms with van der Waals surface area (Å²) < 4.78 is 0. The number of nitrogens with one attached hydrogen (secondary N) is 1. The van der Waals surface area contributed by atoms with Crippen LogP contribution in [0.1, 0.15) is 18.9 Å². The van der Waals surface area contributed by atoms with E-state index in [0.717, 1.165) is 23.4 Å². The van der Waals surface area contributed by atoms with Crippen molar-refractivity contribution in [1.82, 2.24) is 0 Å². The summed E-state index contributed by atoms with van der Waals surface area (Å²) in [4.78, 5) is 0. The highest BCUT2D eigenvalue weighted by Crippen LogP contribution is 2.21. The number of hydrogen-bond donors (Lipinski definition) is 3. The van der Waals surface area contributed by atoms with Crippen LogP contribution in [0.15, 0.2) is 18.2 Å². The van der Waals surface area contributed by atoms with Gasteiger partial charge in [-0.05, 0) is 38.0 Å². The number of aliphatic hydroxyl groups is 1. The predicted octanol–water partition coefficient (Wildman–Crippen LogP) is 1.76. The Kier molecular flexibility index (Phi) is 3.77. The molecule has 1 aromatic rings. The van der Waals surface area contributed by atoms with Crippen LogP contribution in [-0.2, 0) is 0 Å². The van der Waals surface area contributed by atoms with Crippen LogP contribution in [0.3, 0.4) is 0 Å². The van der Waals surface area contributed by atoms with Crippen LogP contribution in [0.5, 0.6) is 0 Å². The standard InChI is InChI=1S/C11H18N2O/c1-8(6-7-14)13-11-5-3-4-10(12)9(11)2/h3-5,8,13-14H,6-7,12H2,1-2H3. The Morgan fingerprint density at radius 1 is 1.50 bits per heavy atom. The summed E-state index contributed by atoms with van der Waals surface area (Å²) in [6.07, 6.45) is 0.744. The van der Waals surface area contributed by atoms with Crippen LogP contribution in [0.25, 0.3) is 0 Å². The average Bonchev–Trinajstić information content (AvgIpc) is 2.13. The van der Waals surface area contributed by atoms with Gasteiger partial charge >= 0.3 is 0 Å². The summed E-state index contributed by atoms with van der Waals surface area (Å²) in [6.45, 7) is 4.23. The fourth-order valence-electron chi connectivity index (χ4n) is 1.34. The topological polar surface area (TPSA) is 58.3 Å². The zero-order chi connectivity index (χ0) is 10.6. The normalized spacial score (nSPS) is 12.5. The van der Waals surface area contributed by atoms with Gasteiger partial charge in [0, 0.05) is 24.0 Å². The Balaban J connectivity index is 2.71. The summed E-state index contributed by atoms with van der Waals surface area (Å²) in [5.41, 5.74) is 8.69. The summed E-state index contributed by atoms with van der Waals surface area (Å²) in [6, 6.07) is 6.08. The van der Waals surface area contributed by atoms with Crippen LogP contribution in [0.4, 0.5) is 11.4 Å². The molecule has 1 atom stereocenters. The predicted molar refractivity (Wildman–Crippen MR) is 60.4 cm³/mol. The molecule has 0 saturated heterocycles. The van der Waals surface area contributed by atoms with Crippen LogP contribution in [0.2, 0.25) is 0 Å². The Bertz CT molecular complexity index is 299. The molecule has 1 unspecified atom stereocenters. The van der Waals surface area contributed by atoms with Gasteiger partial charge in [0.2, 0.25) is 0 Å². The van der Waals surface area contributed by atoms with Crippen molar-refractivity contribution in [2.75, 3.05) is 17.7 Å². The van der Waals surface area contributed by atoms with E-state index >= 15 is 0 Å². The smallest absolute Gasteiger partial charge is 0.0450 e. The minimum absolute atomic E-state index is 0.204. The summed E-state index contributed by atoms with van der Waals surface area (Å²) >= 11 is 0. The number of aliphatic hydroxyl groups excluding tert-OH is 1. The van der Waals surface area contributed by atoms with Crippen molar-refractivity contribution >= 4 is 11.4 Å². The molecule has 0 aliphatic carbocycles. The van der Waals surface area contributed by atoms with E-state index in [1.54, 1.807) is 0 Å². The molecule has 3 heteroatoms. The van der Waals surface area contributed by atoms with Gasteiger partial charge in [0.15, 0.2) is 0 Å². The lowest BCUT2D eigenvalue weighted by Crippen LogP contribution is -2.17. The fraction of sp³-hybridized carbons (Fsp3) is 0.455. The SMILES string of the molecule is Cc1c(N)cccc1NC(C)CCO. The molecule has 0 heterocycles. The number of anilines is 2. The molecule has 3 nitrogen and oxygen atoms in total. The Hall–Kier alpha value is -1.22. The lowest BCUT2D eigenvalue weighted by Gasteiger charge is -2.16. The second-order valence-corrected chi connectivity index (χ2v) is 3.58. The summed E-state index contributed by atoms with van der Waals surface area (Å²) in [5.74, 6) is 0. The number of nitrogen functional groups attached to an aromatic ring is 1. The minimum atomic E-state index is 0.204. The highest BCUT2D eigenvalue weighted by atomic mass is 16.3. The van der Waals surface area contributed by atoms with Gasteiger partial charge in [-0.1, -0.05) is 6.07 Å². The Morgan fingerprint density at radius 3 is 2.86 bits per heavy atom. The first-order valence-corrected chi connectivity index (χ1v) is 4.87. The largest absolute Gasteiger partial charge is 0.398 e. The van der Waals surface area contributed by atoms with Gasteiger partial charge in [0.05, 0.1) is 0 Å². The van der Waals surface area contributed by atoms with E-state index in [-0.39, 0.29) is 12.6 Å². The molecule has 0 spiro atoms. The molecule has 0 aliphatic heterocycles. The maximum atomic E-state index is 8.77. The van der Waals surface area contributed by atoms with E-state index < -0.39 is 0 Å². The number of rotatable bonds is 4. The highest BCUT2D eigenvalue weighted by Gasteiger charge is 2.04. The van der Waals surface area contributed by atoms with E-state index in [1.165, 1.54) is 0 Å². The van der Waals surface area contributed by atoms with Crippen molar-refractivity contribution in [2.45, 2.75) is 26.3 Å². The van der Waals surface area contributed by atoms with Crippen molar-refractivity contribution in [2.24, 2.45) is 0 Å². The molecule has 78 valence electrons. The molecule has 0 fully saturated rings. The van der Waals surface area contributed by atoms with Crippen LogP contribution in [0, 0.1) is 6.92 Å².